The van der Waals surface area contributed by atoms with Crippen molar-refractivity contribution < 1.29 is 18.4 Å². The normalized spacial score (nSPS) is 16.4. The van der Waals surface area contributed by atoms with Crippen LogP contribution in [-0.2, 0) is 0 Å². The summed E-state index contributed by atoms with van der Waals surface area (Å²) >= 11 is 0. The number of nitrogens with zero attached hydrogens (tertiary/aromatic N) is 5. The van der Waals surface area contributed by atoms with Gasteiger partial charge in [0.2, 0.25) is 0 Å². The van der Waals surface area contributed by atoms with Crippen LogP contribution in [0, 0.1) is 18.6 Å². The molecule has 0 radical (unpaired) electrons. The Balaban J connectivity index is 1.25. The predicted molar refractivity (Wildman–Crippen MR) is 171 cm³/mol. The maximum absolute atomic E-state index is 14.5. The second kappa shape index (κ2) is 11.9. The van der Waals surface area contributed by atoms with Crippen LogP contribution in [0.1, 0.15) is 58.1 Å². The minimum atomic E-state index is -0.739. The van der Waals surface area contributed by atoms with Crippen molar-refractivity contribution in [3.05, 3.63) is 129 Å². The van der Waals surface area contributed by atoms with E-state index in [9.17, 15) is 28.0 Å². The van der Waals surface area contributed by atoms with Gasteiger partial charge in [-0.1, -0.05) is 36.4 Å². The van der Waals surface area contributed by atoms with E-state index in [2.05, 4.69) is 15.3 Å². The number of aryl methyl sites for hydroxylation is 1. The second-order valence-electron chi connectivity index (χ2n) is 11.7. The van der Waals surface area contributed by atoms with E-state index < -0.39 is 34.8 Å². The molecule has 10 nitrogen and oxygen atoms in total. The number of pyridine rings is 2. The highest BCUT2D eigenvalue weighted by Gasteiger charge is 2.29. The van der Waals surface area contributed by atoms with Gasteiger partial charge in [-0.15, -0.1) is 0 Å². The molecule has 4 aromatic heterocycles. The lowest BCUT2D eigenvalue weighted by Gasteiger charge is -2.30. The molecule has 0 atom stereocenters. The Morgan fingerprint density at radius 1 is 0.936 bits per heavy atom. The molecule has 0 aliphatic heterocycles. The van der Waals surface area contributed by atoms with Crippen LogP contribution in [-0.4, -0.2) is 41.7 Å². The number of halogens is 2. The van der Waals surface area contributed by atoms with Crippen molar-refractivity contribution in [2.45, 2.75) is 44.7 Å². The first-order valence-electron chi connectivity index (χ1n) is 15.2. The minimum absolute atomic E-state index is 0.0568. The largest absolute Gasteiger partial charge is 0.348 e. The number of carbonyl (C=O) groups is 2. The van der Waals surface area contributed by atoms with E-state index in [0.717, 1.165) is 28.0 Å². The van der Waals surface area contributed by atoms with Crippen molar-refractivity contribution in [1.29, 1.82) is 0 Å². The van der Waals surface area contributed by atoms with Gasteiger partial charge in [-0.2, -0.15) is 0 Å². The number of hydrogen-bond acceptors (Lipinski definition) is 6. The molecule has 1 N–H and O–H groups in total. The van der Waals surface area contributed by atoms with Crippen LogP contribution < -0.4 is 16.6 Å². The smallest absolute Gasteiger partial charge is 0.337 e. The van der Waals surface area contributed by atoms with Gasteiger partial charge in [0.15, 0.2) is 11.9 Å². The SMILES string of the molecule is Cc1cc(-c2ccccc2)cc(-n2c(=O)n([C@H]3CC[C@@H](NC(=O)c4cn5cc(F)ccc5n4)CC3)c(=O)c3cc(F)cnc32)c1C=O. The number of aldehydes is 1. The molecular weight excluding hydrogens is 606 g/mol. The van der Waals surface area contributed by atoms with Crippen LogP contribution in [0.4, 0.5) is 8.78 Å². The zero-order valence-corrected chi connectivity index (χ0v) is 25.2. The summed E-state index contributed by atoms with van der Waals surface area (Å²) in [6.45, 7) is 1.76. The Morgan fingerprint density at radius 3 is 2.45 bits per heavy atom. The average Bonchev–Trinajstić information content (AvgIpc) is 3.50. The number of hydrogen-bond donors (Lipinski definition) is 1. The summed E-state index contributed by atoms with van der Waals surface area (Å²) in [4.78, 5) is 61.9. The Kier molecular flexibility index (Phi) is 7.55. The first kappa shape index (κ1) is 29.9. The first-order valence-corrected chi connectivity index (χ1v) is 15.2. The second-order valence-corrected chi connectivity index (χ2v) is 11.7. The molecule has 6 aromatic rings. The summed E-state index contributed by atoms with van der Waals surface area (Å²) in [5, 5.41) is 2.86. The third-order valence-corrected chi connectivity index (χ3v) is 8.77. The molecule has 1 fully saturated rings. The molecule has 7 rings (SSSR count). The number of carbonyl (C=O) groups excluding carboxylic acids is 2. The third kappa shape index (κ3) is 5.41. The summed E-state index contributed by atoms with van der Waals surface area (Å²) in [5.74, 6) is -1.61. The number of nitrogens with one attached hydrogen (secondary N) is 1. The van der Waals surface area contributed by atoms with Gasteiger partial charge in [0.25, 0.3) is 11.5 Å². The van der Waals surface area contributed by atoms with Crippen molar-refractivity contribution in [3.63, 3.8) is 0 Å². The van der Waals surface area contributed by atoms with Gasteiger partial charge < -0.3 is 9.72 Å². The molecule has 1 saturated carbocycles. The van der Waals surface area contributed by atoms with Crippen LogP contribution in [0.15, 0.2) is 88.8 Å². The average molecular weight is 635 g/mol. The van der Waals surface area contributed by atoms with E-state index in [1.54, 1.807) is 13.0 Å². The summed E-state index contributed by atoms with van der Waals surface area (Å²) in [5.41, 5.74) is 1.83. The topological polar surface area (TPSA) is 120 Å². The third-order valence-electron chi connectivity index (χ3n) is 8.77. The van der Waals surface area contributed by atoms with Gasteiger partial charge in [-0.3, -0.25) is 19.0 Å². The molecule has 1 aliphatic rings. The minimum Gasteiger partial charge on any atom is -0.348 e. The molecule has 236 valence electrons. The van der Waals surface area contributed by atoms with E-state index in [1.807, 2.05) is 36.4 Å². The predicted octanol–water partition coefficient (Wildman–Crippen LogP) is 5.17. The fourth-order valence-corrected chi connectivity index (χ4v) is 6.45. The van der Waals surface area contributed by atoms with E-state index in [0.29, 0.717) is 43.2 Å². The Hall–Kier alpha value is -5.78. The number of imidazole rings is 1. The van der Waals surface area contributed by atoms with Gasteiger partial charge in [0.05, 0.1) is 17.3 Å². The van der Waals surface area contributed by atoms with Crippen molar-refractivity contribution in [2.75, 3.05) is 0 Å². The fourth-order valence-electron chi connectivity index (χ4n) is 6.45. The number of amides is 1. The quantitative estimate of drug-likeness (QED) is 0.252. The van der Waals surface area contributed by atoms with E-state index in [-0.39, 0.29) is 34.0 Å². The zero-order valence-electron chi connectivity index (χ0n) is 25.2. The van der Waals surface area contributed by atoms with E-state index in [1.165, 1.54) is 33.5 Å². The molecule has 1 aliphatic carbocycles. The fraction of sp³-hybridized carbons (Fsp3) is 0.200. The van der Waals surface area contributed by atoms with Crippen LogP contribution in [0.5, 0.6) is 0 Å². The summed E-state index contributed by atoms with van der Waals surface area (Å²) < 4.78 is 31.9. The highest BCUT2D eigenvalue weighted by Crippen LogP contribution is 2.30. The van der Waals surface area contributed by atoms with Crippen LogP contribution in [0.3, 0.4) is 0 Å². The molecule has 12 heteroatoms. The standard InChI is InChI=1S/C35H28F2N6O4/c1-20-13-22(21-5-3-2-4-6-21)14-30(28(20)19-44)43-32-27(15-24(37)16-38-32)34(46)42(35(43)47)26-10-8-25(9-11-26)39-33(45)29-18-41-17-23(36)7-12-31(41)40-29/h2-7,12-19,25-26H,8-11H2,1H3,(H,39,45)/t25-,26+. The lowest BCUT2D eigenvalue weighted by atomic mass is 9.90. The lowest BCUT2D eigenvalue weighted by Crippen LogP contribution is -2.45. The maximum atomic E-state index is 14.5. The molecule has 1 amide bonds. The Morgan fingerprint density at radius 2 is 1.70 bits per heavy atom. The summed E-state index contributed by atoms with van der Waals surface area (Å²) in [6, 6.07) is 16.0. The van der Waals surface area contributed by atoms with Crippen LogP contribution in [0.25, 0.3) is 33.5 Å². The molecule has 2 aromatic carbocycles. The Bertz CT molecular complexity index is 2320. The first-order chi connectivity index (χ1) is 22.7. The number of aromatic nitrogens is 5. The monoisotopic (exact) mass is 634 g/mol. The van der Waals surface area contributed by atoms with Gasteiger partial charge in [0, 0.05) is 30.0 Å². The summed E-state index contributed by atoms with van der Waals surface area (Å²) in [6.07, 6.45) is 5.91. The van der Waals surface area contributed by atoms with Crippen molar-refractivity contribution >= 4 is 28.9 Å². The maximum Gasteiger partial charge on any atom is 0.337 e. The number of benzene rings is 2. The lowest BCUT2D eigenvalue weighted by molar-refractivity contribution is 0.0917. The van der Waals surface area contributed by atoms with Gasteiger partial charge in [-0.05, 0) is 73.6 Å². The molecule has 0 saturated heterocycles. The van der Waals surface area contributed by atoms with Gasteiger partial charge in [0.1, 0.15) is 23.0 Å². The number of fused-ring (bicyclic) bond motifs is 2. The van der Waals surface area contributed by atoms with Crippen LogP contribution in [0.2, 0.25) is 0 Å². The Labute approximate surface area is 266 Å². The van der Waals surface area contributed by atoms with Crippen LogP contribution >= 0.6 is 0 Å². The zero-order chi connectivity index (χ0) is 32.8. The highest BCUT2D eigenvalue weighted by molar-refractivity contribution is 5.93. The van der Waals surface area contributed by atoms with Gasteiger partial charge in [-0.25, -0.2) is 28.1 Å². The summed E-state index contributed by atoms with van der Waals surface area (Å²) in [7, 11) is 0. The molecule has 0 unspecified atom stereocenters. The van der Waals surface area contributed by atoms with E-state index in [4.69, 9.17) is 0 Å². The molecule has 47 heavy (non-hydrogen) atoms. The molecule has 0 bridgehead atoms. The molecule has 0 spiro atoms. The van der Waals surface area contributed by atoms with Crippen molar-refractivity contribution in [3.8, 4) is 16.8 Å². The van der Waals surface area contributed by atoms with Gasteiger partial charge >= 0.3 is 5.69 Å². The number of rotatable bonds is 6. The molecular formula is C35H28F2N6O4. The van der Waals surface area contributed by atoms with Crippen molar-refractivity contribution in [1.82, 2.24) is 28.8 Å². The highest BCUT2D eigenvalue weighted by atomic mass is 19.1. The van der Waals surface area contributed by atoms with E-state index >= 15 is 0 Å². The van der Waals surface area contributed by atoms with Crippen molar-refractivity contribution in [2.24, 2.45) is 0 Å². The molecule has 4 heterocycles.